The Bertz CT molecular complexity index is 695. The molecule has 0 fully saturated rings. The van der Waals surface area contributed by atoms with Crippen LogP contribution in [0, 0.1) is 0 Å². The van der Waals surface area contributed by atoms with Crippen LogP contribution in [0.3, 0.4) is 0 Å². The van der Waals surface area contributed by atoms with Gasteiger partial charge in [-0.05, 0) is 35.6 Å². The Morgan fingerprint density at radius 2 is 1.82 bits per heavy atom. The third-order valence-corrected chi connectivity index (χ3v) is 3.95. The molecule has 1 nitrogen and oxygen atoms in total. The summed E-state index contributed by atoms with van der Waals surface area (Å²) in [6.07, 6.45) is 10.4. The maximum Gasteiger partial charge on any atom is 0.0488 e. The van der Waals surface area contributed by atoms with Gasteiger partial charge in [-0.1, -0.05) is 72.8 Å². The van der Waals surface area contributed by atoms with Gasteiger partial charge in [0.2, 0.25) is 0 Å². The molecule has 0 bridgehead atoms. The van der Waals surface area contributed by atoms with E-state index in [1.807, 2.05) is 6.08 Å². The minimum atomic E-state index is 0.325. The molecule has 2 aromatic rings. The standard InChI is InChI=1S/C21H21N/c1-2-9-18-12-6-7-15-21(18)22-20-14-8-13-19(16-20)17-10-4-3-5-11-17/h2-8,10-15,20,22H,1,9,16H2. The van der Waals surface area contributed by atoms with Crippen molar-refractivity contribution in [3.8, 4) is 0 Å². The maximum absolute atomic E-state index is 3.84. The first-order chi connectivity index (χ1) is 10.9. The van der Waals surface area contributed by atoms with Gasteiger partial charge in [-0.15, -0.1) is 6.58 Å². The summed E-state index contributed by atoms with van der Waals surface area (Å²) >= 11 is 0. The fourth-order valence-corrected chi connectivity index (χ4v) is 2.84. The largest absolute Gasteiger partial charge is 0.378 e. The van der Waals surface area contributed by atoms with E-state index in [1.54, 1.807) is 0 Å². The molecule has 0 aromatic heterocycles. The zero-order valence-corrected chi connectivity index (χ0v) is 12.7. The molecule has 1 atom stereocenters. The molecule has 0 saturated heterocycles. The van der Waals surface area contributed by atoms with E-state index in [9.17, 15) is 0 Å². The number of hydrogen-bond acceptors (Lipinski definition) is 1. The normalized spacial score (nSPS) is 16.9. The molecular weight excluding hydrogens is 266 g/mol. The topological polar surface area (TPSA) is 12.0 Å². The summed E-state index contributed by atoms with van der Waals surface area (Å²) in [5.41, 5.74) is 5.17. The molecule has 0 radical (unpaired) electrons. The van der Waals surface area contributed by atoms with Gasteiger partial charge in [-0.25, -0.2) is 0 Å². The average molecular weight is 287 g/mol. The van der Waals surface area contributed by atoms with Gasteiger partial charge in [-0.3, -0.25) is 0 Å². The molecule has 0 aliphatic heterocycles. The molecule has 3 rings (SSSR count). The molecule has 22 heavy (non-hydrogen) atoms. The zero-order chi connectivity index (χ0) is 15.2. The second-order valence-corrected chi connectivity index (χ2v) is 5.55. The molecule has 0 heterocycles. The summed E-state index contributed by atoms with van der Waals surface area (Å²) in [7, 11) is 0. The highest BCUT2D eigenvalue weighted by Gasteiger charge is 2.13. The Kier molecular flexibility index (Phi) is 4.55. The predicted molar refractivity (Wildman–Crippen MR) is 95.9 cm³/mol. The van der Waals surface area contributed by atoms with Crippen molar-refractivity contribution in [1.29, 1.82) is 0 Å². The summed E-state index contributed by atoms with van der Waals surface area (Å²) in [6, 6.07) is 19.4. The first-order valence-electron chi connectivity index (χ1n) is 7.75. The van der Waals surface area contributed by atoms with Gasteiger partial charge in [-0.2, -0.15) is 0 Å². The van der Waals surface area contributed by atoms with E-state index >= 15 is 0 Å². The van der Waals surface area contributed by atoms with Crippen LogP contribution in [0.25, 0.3) is 5.57 Å². The van der Waals surface area contributed by atoms with Crippen molar-refractivity contribution >= 4 is 11.3 Å². The van der Waals surface area contributed by atoms with Crippen LogP contribution < -0.4 is 5.32 Å². The van der Waals surface area contributed by atoms with E-state index in [0.717, 1.165) is 12.8 Å². The van der Waals surface area contributed by atoms with Crippen LogP contribution in [0.2, 0.25) is 0 Å². The quantitative estimate of drug-likeness (QED) is 0.742. The molecule has 110 valence electrons. The molecule has 1 aliphatic rings. The Hall–Kier alpha value is -2.54. The molecule has 1 unspecified atom stereocenters. The van der Waals surface area contributed by atoms with Gasteiger partial charge in [0, 0.05) is 11.7 Å². The molecule has 1 N–H and O–H groups in total. The van der Waals surface area contributed by atoms with E-state index in [4.69, 9.17) is 0 Å². The SMILES string of the molecule is C=CCc1ccccc1NC1C=CC=C(c2ccccc2)C1. The van der Waals surface area contributed by atoms with E-state index in [1.165, 1.54) is 22.4 Å². The van der Waals surface area contributed by atoms with Crippen LogP contribution in [0.15, 0.2) is 85.5 Å². The van der Waals surface area contributed by atoms with Crippen LogP contribution in [-0.4, -0.2) is 6.04 Å². The number of anilines is 1. The van der Waals surface area contributed by atoms with Crippen molar-refractivity contribution in [1.82, 2.24) is 0 Å². The molecule has 0 spiro atoms. The van der Waals surface area contributed by atoms with Crippen LogP contribution in [0.4, 0.5) is 5.69 Å². The van der Waals surface area contributed by atoms with Gasteiger partial charge in [0.25, 0.3) is 0 Å². The molecule has 0 amide bonds. The molecule has 1 aliphatic carbocycles. The van der Waals surface area contributed by atoms with E-state index < -0.39 is 0 Å². The molecule has 0 saturated carbocycles. The predicted octanol–water partition coefficient (Wildman–Crippen LogP) is 5.24. The third kappa shape index (κ3) is 3.37. The lowest BCUT2D eigenvalue weighted by molar-refractivity contribution is 0.893. The van der Waals surface area contributed by atoms with Crippen LogP contribution in [0.1, 0.15) is 17.5 Å². The minimum absolute atomic E-state index is 0.325. The monoisotopic (exact) mass is 287 g/mol. The average Bonchev–Trinajstić information content (AvgIpc) is 2.58. The fraction of sp³-hybridized carbons (Fsp3) is 0.143. The third-order valence-electron chi connectivity index (χ3n) is 3.95. The lowest BCUT2D eigenvalue weighted by Gasteiger charge is -2.22. The lowest BCUT2D eigenvalue weighted by atomic mass is 9.94. The first kappa shape index (κ1) is 14.4. The van der Waals surface area contributed by atoms with Crippen LogP contribution in [-0.2, 0) is 6.42 Å². The zero-order valence-electron chi connectivity index (χ0n) is 12.7. The van der Waals surface area contributed by atoms with Gasteiger partial charge < -0.3 is 5.32 Å². The summed E-state index contributed by atoms with van der Waals surface area (Å²) in [4.78, 5) is 0. The van der Waals surface area contributed by atoms with Gasteiger partial charge in [0.05, 0.1) is 0 Å². The Morgan fingerprint density at radius 1 is 1.05 bits per heavy atom. The maximum atomic E-state index is 3.84. The van der Waals surface area contributed by atoms with Gasteiger partial charge in [0.1, 0.15) is 0 Å². The molecule has 1 heteroatoms. The summed E-state index contributed by atoms with van der Waals surface area (Å²) < 4.78 is 0. The smallest absolute Gasteiger partial charge is 0.0488 e. The lowest BCUT2D eigenvalue weighted by Crippen LogP contribution is -2.19. The highest BCUT2D eigenvalue weighted by atomic mass is 14.9. The number of hydrogen-bond donors (Lipinski definition) is 1. The van der Waals surface area contributed by atoms with Gasteiger partial charge >= 0.3 is 0 Å². The van der Waals surface area contributed by atoms with Crippen LogP contribution >= 0.6 is 0 Å². The second kappa shape index (κ2) is 6.95. The van der Waals surface area contributed by atoms with Crippen molar-refractivity contribution in [3.63, 3.8) is 0 Å². The van der Waals surface area contributed by atoms with E-state index in [2.05, 4.69) is 84.7 Å². The van der Waals surface area contributed by atoms with E-state index in [-0.39, 0.29) is 0 Å². The summed E-state index contributed by atoms with van der Waals surface area (Å²) in [5.74, 6) is 0. The minimum Gasteiger partial charge on any atom is -0.378 e. The summed E-state index contributed by atoms with van der Waals surface area (Å²) in [6.45, 7) is 3.84. The van der Waals surface area contributed by atoms with Gasteiger partial charge in [0.15, 0.2) is 0 Å². The Balaban J connectivity index is 1.74. The highest BCUT2D eigenvalue weighted by Crippen LogP contribution is 2.26. The van der Waals surface area contributed by atoms with Crippen molar-refractivity contribution in [2.24, 2.45) is 0 Å². The van der Waals surface area contributed by atoms with Crippen LogP contribution in [0.5, 0.6) is 0 Å². The number of nitrogens with one attached hydrogen (secondary N) is 1. The Morgan fingerprint density at radius 3 is 2.64 bits per heavy atom. The highest BCUT2D eigenvalue weighted by molar-refractivity contribution is 5.70. The van der Waals surface area contributed by atoms with Crippen molar-refractivity contribution in [3.05, 3.63) is 96.6 Å². The number of rotatable bonds is 5. The number of benzene rings is 2. The van der Waals surface area contributed by atoms with Crippen molar-refractivity contribution in [2.45, 2.75) is 18.9 Å². The second-order valence-electron chi connectivity index (χ2n) is 5.55. The Labute approximate surface area is 132 Å². The molecule has 2 aromatic carbocycles. The van der Waals surface area contributed by atoms with Crippen molar-refractivity contribution < 1.29 is 0 Å². The van der Waals surface area contributed by atoms with Crippen molar-refractivity contribution in [2.75, 3.05) is 5.32 Å². The fourth-order valence-electron chi connectivity index (χ4n) is 2.84. The summed E-state index contributed by atoms with van der Waals surface area (Å²) in [5, 5.41) is 3.66. The molecular formula is C21H21N. The number of para-hydroxylation sites is 1. The van der Waals surface area contributed by atoms with E-state index in [0.29, 0.717) is 6.04 Å². The first-order valence-corrected chi connectivity index (χ1v) is 7.75. The number of allylic oxidation sites excluding steroid dienone is 3.